The summed E-state index contributed by atoms with van der Waals surface area (Å²) in [6.07, 6.45) is 4.00. The summed E-state index contributed by atoms with van der Waals surface area (Å²) in [5, 5.41) is 9.16. The molecule has 0 unspecified atom stereocenters. The van der Waals surface area contributed by atoms with Crippen LogP contribution >= 0.6 is 24.0 Å². The lowest BCUT2D eigenvalue weighted by molar-refractivity contribution is 0.398. The van der Waals surface area contributed by atoms with Crippen molar-refractivity contribution >= 4 is 40.8 Å². The predicted octanol–water partition coefficient (Wildman–Crippen LogP) is 4.30. The zero-order chi connectivity index (χ0) is 23.3. The topological polar surface area (TPSA) is 79.7 Å². The minimum atomic E-state index is 0. The van der Waals surface area contributed by atoms with Crippen molar-refractivity contribution in [1.82, 2.24) is 25.0 Å². The van der Waals surface area contributed by atoms with E-state index in [0.29, 0.717) is 5.92 Å². The van der Waals surface area contributed by atoms with Crippen molar-refractivity contribution < 1.29 is 9.47 Å². The number of aromatic amines is 1. The maximum atomic E-state index is 5.52. The van der Waals surface area contributed by atoms with E-state index >= 15 is 0 Å². The molecule has 3 aromatic rings. The molecule has 0 atom stereocenters. The number of fused-ring (bicyclic) bond motifs is 1. The van der Waals surface area contributed by atoms with Gasteiger partial charge >= 0.3 is 0 Å². The van der Waals surface area contributed by atoms with Crippen LogP contribution in [0.1, 0.15) is 43.1 Å². The first kappa shape index (κ1) is 26.8. The van der Waals surface area contributed by atoms with Crippen LogP contribution in [0.4, 0.5) is 0 Å². The molecule has 0 amide bonds. The third kappa shape index (κ3) is 6.55. The van der Waals surface area contributed by atoms with Crippen LogP contribution in [-0.2, 0) is 20.0 Å². The van der Waals surface area contributed by atoms with Crippen LogP contribution in [0.2, 0.25) is 0 Å². The Kier molecular flexibility index (Phi) is 9.87. The Bertz CT molecular complexity index is 1070. The van der Waals surface area contributed by atoms with Crippen molar-refractivity contribution in [2.45, 2.75) is 39.2 Å². The average Bonchev–Trinajstić information content (AvgIpc) is 3.35. The maximum absolute atomic E-state index is 5.52. The standard InChI is InChI=1S/C24H36N6O2.HI/c1-16(2)23-17(15-30(5)28-23)14-29(4)24(25-3)26-10-8-9-18-11-20-21(27-18)12-19(31-6)13-22(20)32-7;/h11-13,15-16,27H,8-10,14H2,1-7H3,(H,25,26);1H. The van der Waals surface area contributed by atoms with Gasteiger partial charge in [0.15, 0.2) is 5.96 Å². The van der Waals surface area contributed by atoms with E-state index in [4.69, 9.17) is 9.47 Å². The number of benzene rings is 1. The van der Waals surface area contributed by atoms with E-state index in [2.05, 4.69) is 58.5 Å². The second-order valence-electron chi connectivity index (χ2n) is 8.39. The summed E-state index contributed by atoms with van der Waals surface area (Å²) in [5.41, 5.74) is 4.57. The number of hydrogen-bond acceptors (Lipinski definition) is 4. The molecule has 0 aliphatic rings. The van der Waals surface area contributed by atoms with Crippen molar-refractivity contribution in [3.05, 3.63) is 41.3 Å². The monoisotopic (exact) mass is 568 g/mol. The summed E-state index contributed by atoms with van der Waals surface area (Å²) in [4.78, 5) is 10.1. The number of aryl methyl sites for hydroxylation is 2. The molecule has 0 saturated carbocycles. The summed E-state index contributed by atoms with van der Waals surface area (Å²) in [6, 6.07) is 6.07. The molecule has 8 nitrogen and oxygen atoms in total. The van der Waals surface area contributed by atoms with Crippen molar-refractivity contribution in [1.29, 1.82) is 0 Å². The van der Waals surface area contributed by atoms with Gasteiger partial charge in [0.25, 0.3) is 0 Å². The van der Waals surface area contributed by atoms with Crippen LogP contribution in [0.25, 0.3) is 10.9 Å². The fourth-order valence-electron chi connectivity index (χ4n) is 4.02. The highest BCUT2D eigenvalue weighted by atomic mass is 127. The highest BCUT2D eigenvalue weighted by Crippen LogP contribution is 2.31. The van der Waals surface area contributed by atoms with Gasteiger partial charge in [-0.25, -0.2) is 0 Å². The quantitative estimate of drug-likeness (QED) is 0.174. The molecule has 33 heavy (non-hydrogen) atoms. The molecule has 0 saturated heterocycles. The van der Waals surface area contributed by atoms with E-state index in [1.54, 1.807) is 14.2 Å². The first-order chi connectivity index (χ1) is 15.4. The third-order valence-electron chi connectivity index (χ3n) is 5.56. The van der Waals surface area contributed by atoms with Gasteiger partial charge in [-0.05, 0) is 24.8 Å². The number of aliphatic imine (C=N–C) groups is 1. The molecule has 0 aliphatic heterocycles. The Morgan fingerprint density at radius 1 is 1.24 bits per heavy atom. The Balaban J connectivity index is 0.00000385. The van der Waals surface area contributed by atoms with Gasteiger partial charge in [0.2, 0.25) is 0 Å². The molecule has 0 spiro atoms. The molecule has 0 bridgehead atoms. The highest BCUT2D eigenvalue weighted by molar-refractivity contribution is 14.0. The molecule has 182 valence electrons. The summed E-state index contributed by atoms with van der Waals surface area (Å²) < 4.78 is 12.8. The fourth-order valence-corrected chi connectivity index (χ4v) is 4.02. The molecule has 2 aromatic heterocycles. The van der Waals surface area contributed by atoms with Gasteiger partial charge in [-0.1, -0.05) is 13.8 Å². The Hall–Kier alpha value is -2.43. The largest absolute Gasteiger partial charge is 0.497 e. The molecule has 1 aromatic carbocycles. The molecule has 3 rings (SSSR count). The van der Waals surface area contributed by atoms with Crippen LogP contribution < -0.4 is 14.8 Å². The van der Waals surface area contributed by atoms with Crippen molar-refractivity contribution in [2.75, 3.05) is 34.9 Å². The number of H-pyrrole nitrogens is 1. The van der Waals surface area contributed by atoms with E-state index in [-0.39, 0.29) is 24.0 Å². The van der Waals surface area contributed by atoms with E-state index < -0.39 is 0 Å². The Morgan fingerprint density at radius 3 is 2.64 bits per heavy atom. The van der Waals surface area contributed by atoms with Crippen LogP contribution in [-0.4, -0.2) is 60.5 Å². The normalized spacial score (nSPS) is 11.6. The van der Waals surface area contributed by atoms with Crippen LogP contribution in [0, 0.1) is 0 Å². The van der Waals surface area contributed by atoms with E-state index in [1.165, 1.54) is 11.3 Å². The lowest BCUT2D eigenvalue weighted by Crippen LogP contribution is -2.39. The summed E-state index contributed by atoms with van der Waals surface area (Å²) >= 11 is 0. The minimum Gasteiger partial charge on any atom is -0.497 e. The number of nitrogens with zero attached hydrogens (tertiary/aromatic N) is 4. The lowest BCUT2D eigenvalue weighted by atomic mass is 10.1. The predicted molar refractivity (Wildman–Crippen MR) is 145 cm³/mol. The number of aromatic nitrogens is 3. The van der Waals surface area contributed by atoms with Gasteiger partial charge in [-0.3, -0.25) is 9.67 Å². The number of rotatable bonds is 9. The number of hydrogen-bond donors (Lipinski definition) is 2. The van der Waals surface area contributed by atoms with E-state index in [1.807, 2.05) is 30.9 Å². The van der Waals surface area contributed by atoms with Crippen molar-refractivity contribution in [2.24, 2.45) is 12.0 Å². The van der Waals surface area contributed by atoms with Gasteiger partial charge in [0, 0.05) is 69.2 Å². The summed E-state index contributed by atoms with van der Waals surface area (Å²) in [7, 11) is 9.20. The molecule has 0 radical (unpaired) electrons. The second kappa shape index (κ2) is 12.2. The number of ether oxygens (including phenoxy) is 2. The Morgan fingerprint density at radius 2 is 2.00 bits per heavy atom. The molecule has 2 heterocycles. The number of halogens is 1. The second-order valence-corrected chi connectivity index (χ2v) is 8.39. The van der Waals surface area contributed by atoms with Crippen molar-refractivity contribution in [3.63, 3.8) is 0 Å². The van der Waals surface area contributed by atoms with Gasteiger partial charge in [0.05, 0.1) is 25.4 Å². The third-order valence-corrected chi connectivity index (χ3v) is 5.56. The number of guanidine groups is 1. The maximum Gasteiger partial charge on any atom is 0.193 e. The number of methoxy groups -OCH3 is 2. The van der Waals surface area contributed by atoms with E-state index in [0.717, 1.165) is 60.0 Å². The smallest absolute Gasteiger partial charge is 0.193 e. The zero-order valence-electron chi connectivity index (χ0n) is 20.7. The van der Waals surface area contributed by atoms with Crippen molar-refractivity contribution in [3.8, 4) is 11.5 Å². The molecule has 0 aliphatic carbocycles. The summed E-state index contributed by atoms with van der Waals surface area (Å²) in [6.45, 7) is 5.95. The van der Waals surface area contributed by atoms with Crippen LogP contribution in [0.15, 0.2) is 29.4 Å². The van der Waals surface area contributed by atoms with Gasteiger partial charge in [-0.2, -0.15) is 5.10 Å². The minimum absolute atomic E-state index is 0. The van der Waals surface area contributed by atoms with Gasteiger partial charge in [0.1, 0.15) is 11.5 Å². The molecule has 9 heteroatoms. The zero-order valence-corrected chi connectivity index (χ0v) is 23.1. The SMILES string of the molecule is CN=C(NCCCc1cc2c(OC)cc(OC)cc2[nH]1)N(C)Cc1cn(C)nc1C(C)C.I. The first-order valence-electron chi connectivity index (χ1n) is 11.0. The highest BCUT2D eigenvalue weighted by Gasteiger charge is 2.15. The van der Waals surface area contributed by atoms with Crippen LogP contribution in [0.3, 0.4) is 0 Å². The molecular weight excluding hydrogens is 531 g/mol. The number of nitrogens with one attached hydrogen (secondary N) is 2. The molecule has 0 fully saturated rings. The lowest BCUT2D eigenvalue weighted by Gasteiger charge is -2.22. The average molecular weight is 569 g/mol. The molecular formula is C24H37IN6O2. The van der Waals surface area contributed by atoms with Gasteiger partial charge < -0.3 is 24.7 Å². The fraction of sp³-hybridized carbons (Fsp3) is 0.500. The first-order valence-corrected chi connectivity index (χ1v) is 11.0. The van der Waals surface area contributed by atoms with Gasteiger partial charge in [-0.15, -0.1) is 24.0 Å². The summed E-state index contributed by atoms with van der Waals surface area (Å²) in [5.74, 6) is 2.87. The molecule has 2 N–H and O–H groups in total. The Labute approximate surface area is 213 Å². The van der Waals surface area contributed by atoms with Crippen LogP contribution in [0.5, 0.6) is 11.5 Å². The van der Waals surface area contributed by atoms with E-state index in [9.17, 15) is 0 Å².